The van der Waals surface area contributed by atoms with E-state index in [-0.39, 0.29) is 4.90 Å². The lowest BCUT2D eigenvalue weighted by Gasteiger charge is -2.11. The number of thiazole rings is 1. The van der Waals surface area contributed by atoms with Gasteiger partial charge in [-0.3, -0.25) is 14.1 Å². The summed E-state index contributed by atoms with van der Waals surface area (Å²) < 4.78 is 30.8. The number of nitrogens with one attached hydrogen (secondary N) is 1. The van der Waals surface area contributed by atoms with Gasteiger partial charge < -0.3 is 0 Å². The summed E-state index contributed by atoms with van der Waals surface area (Å²) in [7, 11) is -3.81. The summed E-state index contributed by atoms with van der Waals surface area (Å²) in [5.74, 6) is 0. The molecule has 0 bridgehead atoms. The first-order valence-electron chi connectivity index (χ1n) is 8.91. The number of benzene rings is 2. The zero-order valence-electron chi connectivity index (χ0n) is 15.4. The minimum atomic E-state index is -3.81. The number of para-hydroxylation sites is 1. The van der Waals surface area contributed by atoms with Gasteiger partial charge in [0.2, 0.25) is 0 Å². The van der Waals surface area contributed by atoms with Crippen molar-refractivity contribution in [3.05, 3.63) is 78.1 Å². The van der Waals surface area contributed by atoms with E-state index in [1.54, 1.807) is 35.6 Å². The normalized spacial score (nSPS) is 11.9. The zero-order chi connectivity index (χ0) is 20.0. The van der Waals surface area contributed by atoms with Crippen molar-refractivity contribution in [2.75, 3.05) is 4.72 Å². The van der Waals surface area contributed by atoms with Gasteiger partial charge in [0, 0.05) is 40.1 Å². The average molecular weight is 421 g/mol. The number of aromatic nitrogens is 3. The van der Waals surface area contributed by atoms with E-state index in [9.17, 15) is 8.42 Å². The highest BCUT2D eigenvalue weighted by molar-refractivity contribution is 7.93. The van der Waals surface area contributed by atoms with Crippen LogP contribution in [0.25, 0.3) is 27.1 Å². The predicted molar refractivity (Wildman–Crippen MR) is 116 cm³/mol. The molecule has 2 aromatic carbocycles. The largest absolute Gasteiger partial charge is 0.297 e. The number of hydrogen-bond donors (Lipinski definition) is 1. The smallest absolute Gasteiger partial charge is 0.264 e. The van der Waals surface area contributed by atoms with Crippen molar-refractivity contribution in [1.29, 1.82) is 0 Å². The molecule has 0 aliphatic heterocycles. The summed E-state index contributed by atoms with van der Waals surface area (Å²) in [5.41, 5.74) is 3.34. The molecule has 0 aliphatic rings. The number of fused-ring (bicyclic) bond motifs is 2. The van der Waals surface area contributed by atoms with Gasteiger partial charge in [-0.1, -0.05) is 30.3 Å². The second kappa shape index (κ2) is 6.68. The zero-order valence-corrected chi connectivity index (χ0v) is 17.0. The lowest BCUT2D eigenvalue weighted by Crippen LogP contribution is -2.14. The van der Waals surface area contributed by atoms with Crippen LogP contribution in [-0.2, 0) is 10.0 Å². The number of aryl methyl sites for hydroxylation is 1. The molecule has 0 aliphatic carbocycles. The number of anilines is 1. The highest BCUT2D eigenvalue weighted by Crippen LogP contribution is 2.27. The fraction of sp³-hybridized carbons (Fsp3) is 0.0476. The fourth-order valence-electron chi connectivity index (χ4n) is 3.25. The van der Waals surface area contributed by atoms with Gasteiger partial charge >= 0.3 is 0 Å². The van der Waals surface area contributed by atoms with Gasteiger partial charge in [-0.05, 0) is 31.2 Å². The van der Waals surface area contributed by atoms with Gasteiger partial charge in [-0.2, -0.15) is 0 Å². The van der Waals surface area contributed by atoms with Crippen LogP contribution < -0.4 is 4.72 Å². The molecule has 5 aromatic rings. The summed E-state index contributed by atoms with van der Waals surface area (Å²) in [6.45, 7) is 1.84. The molecule has 0 saturated heterocycles. The molecule has 29 heavy (non-hydrogen) atoms. The van der Waals surface area contributed by atoms with Crippen LogP contribution in [0.2, 0.25) is 0 Å². The molecule has 0 unspecified atom stereocenters. The Balaban J connectivity index is 1.53. The first-order chi connectivity index (χ1) is 14.0. The molecular weight excluding hydrogens is 404 g/mol. The van der Waals surface area contributed by atoms with Crippen LogP contribution in [0.4, 0.5) is 5.69 Å². The Kier molecular flexibility index (Phi) is 4.11. The predicted octanol–water partition coefficient (Wildman–Crippen LogP) is 4.72. The second-order valence-corrected chi connectivity index (χ2v) is 9.21. The second-order valence-electron chi connectivity index (χ2n) is 6.69. The number of pyridine rings is 1. The van der Waals surface area contributed by atoms with E-state index in [4.69, 9.17) is 0 Å². The Morgan fingerprint density at radius 2 is 1.90 bits per heavy atom. The SMILES string of the molecule is Cc1ccc2cccc(S(=O)(=O)Nc3cccc(-c4cn5ccsc5n4)c3)c2n1. The summed E-state index contributed by atoms with van der Waals surface area (Å²) in [4.78, 5) is 10.1. The van der Waals surface area contributed by atoms with Crippen molar-refractivity contribution in [3.8, 4) is 11.3 Å². The van der Waals surface area contributed by atoms with Crippen LogP contribution >= 0.6 is 11.3 Å². The van der Waals surface area contributed by atoms with Crippen molar-refractivity contribution >= 4 is 42.9 Å². The molecule has 0 radical (unpaired) electrons. The van der Waals surface area contributed by atoms with E-state index in [1.807, 2.05) is 59.4 Å². The number of rotatable bonds is 4. The van der Waals surface area contributed by atoms with Crippen LogP contribution in [-0.4, -0.2) is 22.8 Å². The van der Waals surface area contributed by atoms with Crippen LogP contribution in [0.1, 0.15) is 5.69 Å². The topological polar surface area (TPSA) is 76.4 Å². The molecule has 3 aromatic heterocycles. The fourth-order valence-corrected chi connectivity index (χ4v) is 5.18. The Labute approximate surface area is 171 Å². The monoisotopic (exact) mass is 420 g/mol. The van der Waals surface area contributed by atoms with Crippen LogP contribution in [0.5, 0.6) is 0 Å². The van der Waals surface area contributed by atoms with E-state index in [1.165, 1.54) is 0 Å². The molecule has 0 atom stereocenters. The van der Waals surface area contributed by atoms with Crippen molar-refractivity contribution < 1.29 is 8.42 Å². The lowest BCUT2D eigenvalue weighted by molar-refractivity contribution is 0.602. The van der Waals surface area contributed by atoms with Crippen molar-refractivity contribution in [3.63, 3.8) is 0 Å². The van der Waals surface area contributed by atoms with Gasteiger partial charge in [-0.25, -0.2) is 13.4 Å². The minimum absolute atomic E-state index is 0.159. The molecule has 1 N–H and O–H groups in total. The molecule has 8 heteroatoms. The van der Waals surface area contributed by atoms with Gasteiger partial charge in [-0.15, -0.1) is 11.3 Å². The summed E-state index contributed by atoms with van der Waals surface area (Å²) in [6.07, 6.45) is 3.87. The van der Waals surface area contributed by atoms with Crippen LogP contribution in [0.15, 0.2) is 77.3 Å². The summed E-state index contributed by atoms with van der Waals surface area (Å²) in [6, 6.07) is 16.1. The Morgan fingerprint density at radius 1 is 1.03 bits per heavy atom. The molecule has 0 fully saturated rings. The molecule has 0 saturated carbocycles. The highest BCUT2D eigenvalue weighted by Gasteiger charge is 2.19. The molecule has 3 heterocycles. The lowest BCUT2D eigenvalue weighted by atomic mass is 10.1. The van der Waals surface area contributed by atoms with Crippen molar-refractivity contribution in [2.45, 2.75) is 11.8 Å². The van der Waals surface area contributed by atoms with Crippen LogP contribution in [0.3, 0.4) is 0 Å². The molecular formula is C21H16N4O2S2. The van der Waals surface area contributed by atoms with E-state index < -0.39 is 10.0 Å². The highest BCUT2D eigenvalue weighted by atomic mass is 32.2. The van der Waals surface area contributed by atoms with Gasteiger partial charge in [0.05, 0.1) is 11.2 Å². The first-order valence-corrected chi connectivity index (χ1v) is 11.3. The number of imidazole rings is 1. The number of sulfonamides is 1. The number of nitrogens with zero attached hydrogens (tertiary/aromatic N) is 3. The molecule has 0 amide bonds. The molecule has 5 rings (SSSR count). The third-order valence-corrected chi connectivity index (χ3v) is 6.80. The maximum atomic E-state index is 13.1. The summed E-state index contributed by atoms with van der Waals surface area (Å²) in [5, 5.41) is 2.75. The Hall–Kier alpha value is -3.23. The van der Waals surface area contributed by atoms with Gasteiger partial charge in [0.1, 0.15) is 4.90 Å². The first kappa shape index (κ1) is 17.8. The third kappa shape index (κ3) is 3.26. The minimum Gasteiger partial charge on any atom is -0.297 e. The Morgan fingerprint density at radius 3 is 2.76 bits per heavy atom. The maximum absolute atomic E-state index is 13.1. The van der Waals surface area contributed by atoms with E-state index in [2.05, 4.69) is 14.7 Å². The van der Waals surface area contributed by atoms with Gasteiger partial charge in [0.25, 0.3) is 10.0 Å². The molecule has 6 nitrogen and oxygen atoms in total. The average Bonchev–Trinajstić information content (AvgIpc) is 3.29. The quantitative estimate of drug-likeness (QED) is 0.456. The van der Waals surface area contributed by atoms with Crippen molar-refractivity contribution in [2.24, 2.45) is 0 Å². The molecule has 0 spiro atoms. The third-order valence-electron chi connectivity index (χ3n) is 4.62. The standard InChI is InChI=1S/C21H16N4O2S2/c1-14-8-9-15-4-3-7-19(20(15)22-14)29(26,27)24-17-6-2-5-16(12-17)18-13-25-10-11-28-21(25)23-18/h2-13,24H,1H3. The number of hydrogen-bond acceptors (Lipinski definition) is 5. The Bertz CT molecular complexity index is 1440. The summed E-state index contributed by atoms with van der Waals surface area (Å²) >= 11 is 1.55. The molecule has 144 valence electrons. The van der Waals surface area contributed by atoms with E-state index in [0.717, 1.165) is 27.3 Å². The van der Waals surface area contributed by atoms with Crippen molar-refractivity contribution in [1.82, 2.24) is 14.4 Å². The van der Waals surface area contributed by atoms with E-state index in [0.29, 0.717) is 11.2 Å². The maximum Gasteiger partial charge on any atom is 0.264 e. The van der Waals surface area contributed by atoms with E-state index >= 15 is 0 Å². The van der Waals surface area contributed by atoms with Gasteiger partial charge in [0.15, 0.2) is 4.96 Å². The van der Waals surface area contributed by atoms with Crippen LogP contribution in [0, 0.1) is 6.92 Å².